The zero-order valence-corrected chi connectivity index (χ0v) is 33.9. The summed E-state index contributed by atoms with van der Waals surface area (Å²) in [6, 6.07) is 29.4. The third kappa shape index (κ3) is 4.54. The number of aromatic nitrogens is 2. The molecule has 1 aromatic heterocycles. The molecular formula is C49H59BN8. The molecule has 0 bridgehead atoms. The van der Waals surface area contributed by atoms with E-state index in [2.05, 4.69) is 91.3 Å². The molecule has 3 aliphatic carbocycles. The van der Waals surface area contributed by atoms with E-state index < -0.39 is 0 Å². The number of nitrogens with zero attached hydrogens (tertiary/aromatic N) is 5. The molecule has 0 radical (unpaired) electrons. The second-order valence-corrected chi connectivity index (χ2v) is 20.4. The summed E-state index contributed by atoms with van der Waals surface area (Å²) in [5, 5.41) is 12.7. The highest BCUT2D eigenvalue weighted by Crippen LogP contribution is 2.69. The Hall–Kier alpha value is -3.66. The molecule has 5 saturated heterocycles. The molecule has 8 nitrogen and oxygen atoms in total. The molecule has 15 unspecified atom stereocenters. The van der Waals surface area contributed by atoms with Gasteiger partial charge in [-0.2, -0.15) is 0 Å². The van der Waals surface area contributed by atoms with E-state index in [9.17, 15) is 0 Å². The van der Waals surface area contributed by atoms with Crippen molar-refractivity contribution in [2.75, 3.05) is 24.5 Å². The number of allylic oxidation sites excluding steroid dienone is 1. The highest BCUT2D eigenvalue weighted by molar-refractivity contribution is 6.65. The van der Waals surface area contributed by atoms with Crippen molar-refractivity contribution in [2.45, 2.75) is 148 Å². The molecule has 11 aliphatic rings. The topological polar surface area (TPSA) is 71.6 Å². The summed E-state index contributed by atoms with van der Waals surface area (Å²) in [4.78, 5) is 19.5. The number of para-hydroxylation sites is 1. The Morgan fingerprint density at radius 3 is 2.19 bits per heavy atom. The molecule has 8 aliphatic heterocycles. The minimum Gasteiger partial charge on any atom is -0.367 e. The third-order valence-corrected chi connectivity index (χ3v) is 18.4. The Balaban J connectivity index is 0.977. The number of anilines is 1. The quantitative estimate of drug-likeness (QED) is 0.249. The molecule has 0 amide bonds. The van der Waals surface area contributed by atoms with Crippen LogP contribution >= 0.6 is 0 Å². The van der Waals surface area contributed by atoms with Gasteiger partial charge >= 0.3 is 0 Å². The van der Waals surface area contributed by atoms with Crippen molar-refractivity contribution in [1.82, 2.24) is 35.7 Å². The van der Waals surface area contributed by atoms with Gasteiger partial charge in [0.25, 0.3) is 0 Å². The average molecular weight is 771 g/mol. The average Bonchev–Trinajstić information content (AvgIpc) is 3.94. The van der Waals surface area contributed by atoms with Crippen LogP contribution in [0.1, 0.15) is 93.9 Å². The first kappa shape index (κ1) is 34.1. The molecule has 14 rings (SSSR count). The largest absolute Gasteiger partial charge is 0.367 e. The van der Waals surface area contributed by atoms with Crippen molar-refractivity contribution < 1.29 is 0 Å². The molecule has 0 spiro atoms. The van der Waals surface area contributed by atoms with Gasteiger partial charge < -0.3 is 30.7 Å². The van der Waals surface area contributed by atoms with Gasteiger partial charge in [0.15, 0.2) is 6.71 Å². The Kier molecular flexibility index (Phi) is 7.60. The monoisotopic (exact) mass is 770 g/mol. The number of nitrogens with one attached hydrogen (secondary N) is 3. The van der Waals surface area contributed by atoms with Gasteiger partial charge in [-0.25, -0.2) is 9.97 Å². The zero-order valence-electron chi connectivity index (χ0n) is 33.9. The molecule has 298 valence electrons. The van der Waals surface area contributed by atoms with E-state index >= 15 is 0 Å². The summed E-state index contributed by atoms with van der Waals surface area (Å²) >= 11 is 0. The number of hydrogen-bond acceptors (Lipinski definition) is 8. The van der Waals surface area contributed by atoms with Crippen LogP contribution in [0.4, 0.5) is 5.69 Å². The fourth-order valence-corrected chi connectivity index (χ4v) is 16.9. The van der Waals surface area contributed by atoms with Gasteiger partial charge in [-0.05, 0) is 136 Å². The standard InChI is InChI=1S/C49H59BN8/c1-3-11-28(12-4-1)33-25-29-13-8-20-51-42(29)40-44-47-35(19-24-53-44)50-34-17-7-16-32-39-43-36(18-9-21-52-43)56(31-14-5-2-6-15-31)49(39)58(45(32)34)38-27-30(48-54-22-10-23-55-48)26-37(41(38)50)57(47)46(33)40/h1-6,10-12,14-15,22-23,29-30,32-38,41-45,47,51-53H,7-9,13,16-21,24-27H2. The van der Waals surface area contributed by atoms with Gasteiger partial charge in [0.05, 0.1) is 18.1 Å². The van der Waals surface area contributed by atoms with Crippen molar-refractivity contribution in [1.29, 1.82) is 0 Å². The zero-order chi connectivity index (χ0) is 37.6. The van der Waals surface area contributed by atoms with E-state index in [1.54, 1.807) is 28.2 Å². The fraction of sp³-hybridized carbons (Fsp3) is 0.592. The maximum Gasteiger partial charge on any atom is 0.159 e. The Morgan fingerprint density at radius 1 is 0.603 bits per heavy atom. The molecule has 2 aromatic carbocycles. The lowest BCUT2D eigenvalue weighted by Gasteiger charge is -2.68. The van der Waals surface area contributed by atoms with E-state index in [1.807, 2.05) is 18.5 Å². The molecule has 9 heterocycles. The molecule has 7 fully saturated rings. The Labute approximate surface area is 344 Å². The van der Waals surface area contributed by atoms with Crippen LogP contribution in [0.3, 0.4) is 0 Å². The molecule has 3 N–H and O–H groups in total. The lowest BCUT2D eigenvalue weighted by Crippen LogP contribution is -2.73. The lowest BCUT2D eigenvalue weighted by atomic mass is 9.18. The van der Waals surface area contributed by atoms with E-state index in [-0.39, 0.29) is 0 Å². The summed E-state index contributed by atoms with van der Waals surface area (Å²) < 4.78 is 0. The molecule has 2 saturated carbocycles. The van der Waals surface area contributed by atoms with Crippen molar-refractivity contribution >= 4 is 12.4 Å². The van der Waals surface area contributed by atoms with Crippen LogP contribution in [0, 0.1) is 11.8 Å². The van der Waals surface area contributed by atoms with Crippen molar-refractivity contribution in [3.63, 3.8) is 0 Å². The number of benzene rings is 2. The number of piperidine rings is 3. The van der Waals surface area contributed by atoms with Crippen LogP contribution in [0.2, 0.25) is 17.5 Å². The SMILES string of the molecule is c1ccc(C2CC3CCCNC3C3=C2N2C4CC(c5ncccn5)CC5C4B(C4CCCC6C7=C(N(c8ccccc8)C8CCCNC78)N5C46)C4CCNC3C42)cc1. The second kappa shape index (κ2) is 12.9. The predicted octanol–water partition coefficient (Wildman–Crippen LogP) is 6.92. The van der Waals surface area contributed by atoms with Crippen LogP contribution in [0.5, 0.6) is 0 Å². The van der Waals surface area contributed by atoms with Crippen molar-refractivity contribution in [3.05, 3.63) is 113 Å². The first-order valence-corrected chi connectivity index (χ1v) is 23.7. The minimum atomic E-state index is 0.346. The van der Waals surface area contributed by atoms with E-state index in [0.717, 1.165) is 43.8 Å². The van der Waals surface area contributed by atoms with Gasteiger partial charge in [-0.1, -0.05) is 61.4 Å². The normalized spacial score (nSPS) is 42.9. The van der Waals surface area contributed by atoms with Gasteiger partial charge in [-0.3, -0.25) is 0 Å². The maximum absolute atomic E-state index is 5.10. The molecule has 3 aromatic rings. The van der Waals surface area contributed by atoms with Crippen LogP contribution in [0.25, 0.3) is 0 Å². The highest BCUT2D eigenvalue weighted by Gasteiger charge is 2.71. The fourth-order valence-electron chi connectivity index (χ4n) is 16.9. The first-order valence-electron chi connectivity index (χ1n) is 23.7. The number of hydrogen-bond donors (Lipinski definition) is 3. The van der Waals surface area contributed by atoms with Gasteiger partial charge in [0, 0.05) is 71.7 Å². The molecule has 15 atom stereocenters. The highest BCUT2D eigenvalue weighted by atomic mass is 15.4. The first-order chi connectivity index (χ1) is 28.8. The molecule has 9 heteroatoms. The second-order valence-electron chi connectivity index (χ2n) is 20.4. The Bertz CT molecular complexity index is 2150. The number of rotatable bonds is 3. The lowest BCUT2D eigenvalue weighted by molar-refractivity contribution is 0.0130. The van der Waals surface area contributed by atoms with Crippen LogP contribution in [0.15, 0.2) is 102 Å². The van der Waals surface area contributed by atoms with Gasteiger partial charge in [-0.15, -0.1) is 0 Å². The predicted molar refractivity (Wildman–Crippen MR) is 230 cm³/mol. The maximum atomic E-state index is 5.10. The summed E-state index contributed by atoms with van der Waals surface area (Å²) in [6.45, 7) is 4.24. The van der Waals surface area contributed by atoms with Crippen molar-refractivity contribution in [3.8, 4) is 0 Å². The molecule has 58 heavy (non-hydrogen) atoms. The smallest absolute Gasteiger partial charge is 0.159 e. The van der Waals surface area contributed by atoms with Gasteiger partial charge in [0.1, 0.15) is 11.6 Å². The summed E-state index contributed by atoms with van der Waals surface area (Å²) in [7, 11) is 0. The summed E-state index contributed by atoms with van der Waals surface area (Å²) in [5.41, 5.74) is 8.26. The van der Waals surface area contributed by atoms with E-state index in [1.165, 1.54) is 76.3 Å². The number of fused-ring (bicyclic) bond motifs is 12. The molecular weight excluding hydrogens is 711 g/mol. The third-order valence-electron chi connectivity index (χ3n) is 18.4. The Morgan fingerprint density at radius 2 is 1.34 bits per heavy atom. The van der Waals surface area contributed by atoms with Crippen LogP contribution < -0.4 is 20.9 Å². The van der Waals surface area contributed by atoms with Crippen LogP contribution in [-0.2, 0) is 0 Å². The summed E-state index contributed by atoms with van der Waals surface area (Å²) in [5.74, 6) is 7.03. The van der Waals surface area contributed by atoms with Crippen molar-refractivity contribution in [2.24, 2.45) is 11.8 Å². The van der Waals surface area contributed by atoms with Crippen LogP contribution in [-0.4, -0.2) is 94.4 Å². The van der Waals surface area contributed by atoms with E-state index in [4.69, 9.17) is 9.97 Å². The minimum absolute atomic E-state index is 0.346. The van der Waals surface area contributed by atoms with E-state index in [0.29, 0.717) is 77.8 Å². The van der Waals surface area contributed by atoms with Gasteiger partial charge in [0.2, 0.25) is 0 Å². The summed E-state index contributed by atoms with van der Waals surface area (Å²) in [6.07, 6.45) is 18.3.